The van der Waals surface area contributed by atoms with Crippen molar-refractivity contribution in [1.82, 2.24) is 14.6 Å². The van der Waals surface area contributed by atoms with Crippen molar-refractivity contribution >= 4 is 47.1 Å². The molecule has 0 spiro atoms. The third-order valence-corrected chi connectivity index (χ3v) is 6.22. The van der Waals surface area contributed by atoms with Gasteiger partial charge in [-0.05, 0) is 45.2 Å². The van der Waals surface area contributed by atoms with Crippen LogP contribution < -0.4 is 4.90 Å². The average molecular weight is 440 g/mol. The number of nitrogens with zero attached hydrogens (tertiary/aromatic N) is 4. The third kappa shape index (κ3) is 3.26. The van der Waals surface area contributed by atoms with Gasteiger partial charge in [-0.25, -0.2) is 4.98 Å². The third-order valence-electron chi connectivity index (χ3n) is 5.68. The van der Waals surface area contributed by atoms with Crippen LogP contribution in [0, 0.1) is 13.8 Å². The Hall–Kier alpha value is -1.49. The molecule has 1 aliphatic rings. The highest BCUT2D eigenvalue weighted by Gasteiger charge is 2.31. The van der Waals surface area contributed by atoms with Gasteiger partial charge in [0.2, 0.25) is 0 Å². The molecular formula is C21H25Cl3N4. The Morgan fingerprint density at radius 2 is 1.82 bits per heavy atom. The van der Waals surface area contributed by atoms with Gasteiger partial charge in [-0.2, -0.15) is 9.61 Å². The molecule has 0 fully saturated rings. The largest absolute Gasteiger partial charge is 0.353 e. The lowest BCUT2D eigenvalue weighted by atomic mass is 10.1. The zero-order valence-electron chi connectivity index (χ0n) is 16.6. The zero-order chi connectivity index (χ0) is 19.3. The van der Waals surface area contributed by atoms with E-state index < -0.39 is 0 Å². The van der Waals surface area contributed by atoms with Gasteiger partial charge < -0.3 is 4.90 Å². The van der Waals surface area contributed by atoms with E-state index in [1.807, 2.05) is 23.6 Å². The van der Waals surface area contributed by atoms with Gasteiger partial charge in [0.1, 0.15) is 5.82 Å². The molecule has 0 saturated heterocycles. The number of rotatable bonds is 4. The summed E-state index contributed by atoms with van der Waals surface area (Å²) in [7, 11) is 0. The van der Waals surface area contributed by atoms with Gasteiger partial charge >= 0.3 is 0 Å². The second-order valence-electron chi connectivity index (χ2n) is 7.23. The van der Waals surface area contributed by atoms with Crippen molar-refractivity contribution in [2.45, 2.75) is 53.0 Å². The van der Waals surface area contributed by atoms with Gasteiger partial charge in [0, 0.05) is 34.4 Å². The van der Waals surface area contributed by atoms with E-state index in [0.717, 1.165) is 54.0 Å². The molecule has 0 radical (unpaired) electrons. The van der Waals surface area contributed by atoms with Crippen LogP contribution in [-0.2, 0) is 6.42 Å². The maximum absolute atomic E-state index is 6.51. The summed E-state index contributed by atoms with van der Waals surface area (Å²) in [6.07, 6.45) is 3.26. The molecule has 2 aromatic heterocycles. The highest BCUT2D eigenvalue weighted by molar-refractivity contribution is 6.36. The lowest BCUT2D eigenvalue weighted by Gasteiger charge is -2.28. The van der Waals surface area contributed by atoms with Crippen molar-refractivity contribution in [3.8, 4) is 11.1 Å². The first-order valence-corrected chi connectivity index (χ1v) is 10.3. The van der Waals surface area contributed by atoms with Crippen molar-refractivity contribution in [1.29, 1.82) is 0 Å². The highest BCUT2D eigenvalue weighted by atomic mass is 35.5. The number of fused-ring (bicyclic) bond motifs is 3. The Morgan fingerprint density at radius 1 is 1.11 bits per heavy atom. The number of aromatic nitrogens is 3. The van der Waals surface area contributed by atoms with E-state index in [0.29, 0.717) is 16.1 Å². The summed E-state index contributed by atoms with van der Waals surface area (Å²) in [5.74, 6) is 1.20. The Bertz CT molecular complexity index is 1020. The quantitative estimate of drug-likeness (QED) is 0.479. The summed E-state index contributed by atoms with van der Waals surface area (Å²) in [5, 5.41) is 6.14. The second-order valence-corrected chi connectivity index (χ2v) is 8.08. The molecule has 0 aliphatic carbocycles. The summed E-state index contributed by atoms with van der Waals surface area (Å²) in [5.41, 5.74) is 6.09. The molecule has 3 heterocycles. The molecule has 0 atom stereocenters. The predicted molar refractivity (Wildman–Crippen MR) is 121 cm³/mol. The summed E-state index contributed by atoms with van der Waals surface area (Å²) in [4.78, 5) is 7.45. The summed E-state index contributed by atoms with van der Waals surface area (Å²) in [6.45, 7) is 9.66. The first kappa shape index (κ1) is 21.2. The Labute approximate surface area is 182 Å². The fraction of sp³-hybridized carbons (Fsp3) is 0.429. The van der Waals surface area contributed by atoms with Crippen LogP contribution in [0.3, 0.4) is 0 Å². The lowest BCUT2D eigenvalue weighted by Crippen LogP contribution is -2.34. The molecule has 0 amide bonds. The van der Waals surface area contributed by atoms with Crippen molar-refractivity contribution in [3.05, 3.63) is 45.2 Å². The smallest absolute Gasteiger partial charge is 0.165 e. The maximum Gasteiger partial charge on any atom is 0.165 e. The highest BCUT2D eigenvalue weighted by Crippen LogP contribution is 2.39. The van der Waals surface area contributed by atoms with Crippen molar-refractivity contribution < 1.29 is 0 Å². The van der Waals surface area contributed by atoms with Gasteiger partial charge in [-0.1, -0.05) is 43.1 Å². The van der Waals surface area contributed by atoms with Gasteiger partial charge in [0.15, 0.2) is 5.65 Å². The molecule has 28 heavy (non-hydrogen) atoms. The standard InChI is InChI=1S/C21H24Cl2N4.ClH/c1-5-15(6-2)26-10-9-16-12(3)24-20-19(13(4)25-27(20)21(16)26)17-8-7-14(22)11-18(17)23;/h7-8,11,15H,5-6,9-10H2,1-4H3;1H. The van der Waals surface area contributed by atoms with E-state index in [9.17, 15) is 0 Å². The SMILES string of the molecule is CCC(CC)N1CCc2c(C)nc3c(-c4ccc(Cl)cc4Cl)c(C)nn3c21.Cl. The molecular weight excluding hydrogens is 415 g/mol. The van der Waals surface area contributed by atoms with Crippen molar-refractivity contribution in [2.24, 2.45) is 0 Å². The lowest BCUT2D eigenvalue weighted by molar-refractivity contribution is 0.563. The topological polar surface area (TPSA) is 33.4 Å². The molecule has 0 saturated carbocycles. The fourth-order valence-electron chi connectivity index (χ4n) is 4.30. The molecule has 7 heteroatoms. The van der Waals surface area contributed by atoms with Gasteiger partial charge in [-0.3, -0.25) is 0 Å². The Kier molecular flexibility index (Phi) is 6.14. The Morgan fingerprint density at radius 3 is 2.46 bits per heavy atom. The number of benzene rings is 1. The summed E-state index contributed by atoms with van der Waals surface area (Å²) in [6, 6.07) is 6.11. The molecule has 150 valence electrons. The van der Waals surface area contributed by atoms with Crippen LogP contribution in [0.1, 0.15) is 43.6 Å². The average Bonchev–Trinajstić information content (AvgIpc) is 3.19. The van der Waals surface area contributed by atoms with Crippen molar-refractivity contribution in [3.63, 3.8) is 0 Å². The molecule has 0 bridgehead atoms. The van der Waals surface area contributed by atoms with Gasteiger partial charge in [0.25, 0.3) is 0 Å². The molecule has 4 rings (SSSR count). The van der Waals surface area contributed by atoms with E-state index in [-0.39, 0.29) is 12.4 Å². The predicted octanol–water partition coefficient (Wildman–Crippen LogP) is 6.29. The van der Waals surface area contributed by atoms with Crippen LogP contribution in [-0.4, -0.2) is 27.2 Å². The van der Waals surface area contributed by atoms with Crippen LogP contribution in [0.4, 0.5) is 5.82 Å². The zero-order valence-corrected chi connectivity index (χ0v) is 18.9. The number of aryl methyl sites for hydroxylation is 2. The fourth-order valence-corrected chi connectivity index (χ4v) is 4.80. The molecule has 1 aliphatic heterocycles. The van der Waals surface area contributed by atoms with Gasteiger partial charge in [-0.15, -0.1) is 12.4 Å². The van der Waals surface area contributed by atoms with Gasteiger partial charge in [0.05, 0.1) is 16.3 Å². The maximum atomic E-state index is 6.51. The Balaban J connectivity index is 0.00000225. The van der Waals surface area contributed by atoms with E-state index in [1.165, 1.54) is 11.4 Å². The van der Waals surface area contributed by atoms with Crippen molar-refractivity contribution in [2.75, 3.05) is 11.4 Å². The minimum absolute atomic E-state index is 0. The number of hydrogen-bond acceptors (Lipinski definition) is 3. The van der Waals surface area contributed by atoms with E-state index in [4.69, 9.17) is 33.3 Å². The summed E-state index contributed by atoms with van der Waals surface area (Å²) < 4.78 is 2.03. The molecule has 0 N–H and O–H groups in total. The van der Waals surface area contributed by atoms with E-state index >= 15 is 0 Å². The molecule has 3 aromatic rings. The van der Waals surface area contributed by atoms with Crippen LogP contribution in [0.5, 0.6) is 0 Å². The summed E-state index contributed by atoms with van der Waals surface area (Å²) >= 11 is 12.6. The number of anilines is 1. The van der Waals surface area contributed by atoms with E-state index in [2.05, 4.69) is 25.7 Å². The van der Waals surface area contributed by atoms with Crippen LogP contribution in [0.25, 0.3) is 16.8 Å². The molecule has 0 unspecified atom stereocenters. The molecule has 4 nitrogen and oxygen atoms in total. The monoisotopic (exact) mass is 438 g/mol. The number of hydrogen-bond donors (Lipinski definition) is 0. The molecule has 1 aromatic carbocycles. The first-order chi connectivity index (χ1) is 13.0. The normalized spacial score (nSPS) is 13.3. The van der Waals surface area contributed by atoms with Crippen LogP contribution >= 0.6 is 35.6 Å². The number of halogens is 3. The van der Waals surface area contributed by atoms with E-state index in [1.54, 1.807) is 6.07 Å². The van der Waals surface area contributed by atoms with Crippen LogP contribution in [0.15, 0.2) is 18.2 Å². The minimum Gasteiger partial charge on any atom is -0.353 e. The minimum atomic E-state index is 0. The second kappa shape index (κ2) is 8.10. The first-order valence-electron chi connectivity index (χ1n) is 9.57. The van der Waals surface area contributed by atoms with Crippen LogP contribution in [0.2, 0.25) is 10.0 Å².